The van der Waals surface area contributed by atoms with Crippen LogP contribution >= 0.6 is 11.6 Å². The molecule has 0 saturated heterocycles. The summed E-state index contributed by atoms with van der Waals surface area (Å²) in [7, 11) is 1.82. The molecule has 0 aromatic heterocycles. The van der Waals surface area contributed by atoms with Crippen molar-refractivity contribution in [3.8, 4) is 0 Å². The lowest BCUT2D eigenvalue weighted by Gasteiger charge is -2.23. The van der Waals surface area contributed by atoms with Crippen LogP contribution in [0.25, 0.3) is 0 Å². The maximum absolute atomic E-state index is 12.6. The van der Waals surface area contributed by atoms with Crippen LogP contribution in [-0.2, 0) is 9.59 Å². The number of nitrogens with one attached hydrogen (secondary N) is 2. The highest BCUT2D eigenvalue weighted by atomic mass is 35.5. The van der Waals surface area contributed by atoms with E-state index in [2.05, 4.69) is 11.9 Å². The number of para-hydroxylation sites is 1. The summed E-state index contributed by atoms with van der Waals surface area (Å²) >= 11 is 5.83. The molecule has 0 bridgehead atoms. The molecule has 0 spiro atoms. The van der Waals surface area contributed by atoms with Crippen molar-refractivity contribution in [3.63, 3.8) is 0 Å². The first-order valence-electron chi connectivity index (χ1n) is 8.32. The van der Waals surface area contributed by atoms with Crippen LogP contribution in [0.5, 0.6) is 0 Å². The minimum Gasteiger partial charge on any atom is -0.322 e. The maximum Gasteiger partial charge on any atom is 0.282 e. The normalized spacial score (nSPS) is 11.5. The van der Waals surface area contributed by atoms with Gasteiger partial charge in [-0.3, -0.25) is 9.59 Å². The zero-order chi connectivity index (χ0) is 18.9. The van der Waals surface area contributed by atoms with Crippen LogP contribution in [0.15, 0.2) is 67.3 Å². The van der Waals surface area contributed by atoms with Gasteiger partial charge in [-0.05, 0) is 36.4 Å². The highest BCUT2D eigenvalue weighted by Crippen LogP contribution is 2.13. The van der Waals surface area contributed by atoms with Gasteiger partial charge in [-0.15, -0.1) is 6.58 Å². The molecule has 136 valence electrons. The monoisotopic (exact) mass is 372 g/mol. The molecule has 2 amide bonds. The Hall–Kier alpha value is -2.63. The van der Waals surface area contributed by atoms with Crippen molar-refractivity contribution in [1.82, 2.24) is 0 Å². The first kappa shape index (κ1) is 19.7. The summed E-state index contributed by atoms with van der Waals surface area (Å²) in [5, 5.41) is 3.41. The summed E-state index contributed by atoms with van der Waals surface area (Å²) in [6.45, 7) is 4.53. The molecule has 0 heterocycles. The Balaban J connectivity index is 1.91. The first-order chi connectivity index (χ1) is 12.5. The average molecular weight is 373 g/mol. The van der Waals surface area contributed by atoms with Crippen molar-refractivity contribution >= 4 is 34.8 Å². The second-order valence-electron chi connectivity index (χ2n) is 5.99. The van der Waals surface area contributed by atoms with E-state index in [4.69, 9.17) is 11.6 Å². The lowest BCUT2D eigenvalue weighted by molar-refractivity contribution is -0.862. The Bertz CT molecular complexity index is 747. The zero-order valence-electron chi connectivity index (χ0n) is 14.7. The summed E-state index contributed by atoms with van der Waals surface area (Å²) in [4.78, 5) is 27.2. The molecule has 1 atom stereocenters. The van der Waals surface area contributed by atoms with Crippen LogP contribution in [-0.4, -0.2) is 38.5 Å². The van der Waals surface area contributed by atoms with Crippen molar-refractivity contribution in [2.45, 2.75) is 0 Å². The number of halogens is 1. The quantitative estimate of drug-likeness (QED) is 0.696. The molecule has 2 aromatic rings. The number of benzene rings is 2. The lowest BCUT2D eigenvalue weighted by Crippen LogP contribution is -3.11. The standard InChI is InChI=1S/C20H22ClN3O2/c1-3-13-24(18-7-5-4-6-8-18)20(26)15-23(2)14-19(25)22-17-11-9-16(21)10-12-17/h3-12H,1,13-15H2,2H3,(H,22,25)/p+1. The molecule has 0 aliphatic rings. The Morgan fingerprint density at radius 1 is 1.12 bits per heavy atom. The van der Waals surface area contributed by atoms with E-state index in [9.17, 15) is 9.59 Å². The fraction of sp³-hybridized carbons (Fsp3) is 0.200. The summed E-state index contributed by atoms with van der Waals surface area (Å²) < 4.78 is 0. The summed E-state index contributed by atoms with van der Waals surface area (Å²) in [6.07, 6.45) is 1.69. The van der Waals surface area contributed by atoms with Crippen molar-refractivity contribution < 1.29 is 14.5 Å². The molecule has 0 aliphatic heterocycles. The van der Waals surface area contributed by atoms with E-state index in [1.807, 2.05) is 37.4 Å². The van der Waals surface area contributed by atoms with Crippen LogP contribution < -0.4 is 15.1 Å². The van der Waals surface area contributed by atoms with Gasteiger partial charge in [0, 0.05) is 22.9 Å². The average Bonchev–Trinajstić information content (AvgIpc) is 2.62. The first-order valence-corrected chi connectivity index (χ1v) is 8.70. The maximum atomic E-state index is 12.6. The number of carbonyl (C=O) groups is 2. The predicted octanol–water partition coefficient (Wildman–Crippen LogP) is 2.01. The smallest absolute Gasteiger partial charge is 0.282 e. The Morgan fingerprint density at radius 2 is 1.77 bits per heavy atom. The molecular formula is C20H23ClN3O2+. The summed E-state index contributed by atoms with van der Waals surface area (Å²) in [5.41, 5.74) is 1.49. The van der Waals surface area contributed by atoms with E-state index < -0.39 is 0 Å². The zero-order valence-corrected chi connectivity index (χ0v) is 15.5. The van der Waals surface area contributed by atoms with E-state index in [0.29, 0.717) is 17.3 Å². The van der Waals surface area contributed by atoms with Crippen molar-refractivity contribution in [2.75, 3.05) is 36.9 Å². The van der Waals surface area contributed by atoms with Gasteiger partial charge in [0.1, 0.15) is 0 Å². The minimum absolute atomic E-state index is 0.0621. The van der Waals surface area contributed by atoms with Gasteiger partial charge in [0.05, 0.1) is 7.05 Å². The molecule has 2 aromatic carbocycles. The molecule has 26 heavy (non-hydrogen) atoms. The third-order valence-corrected chi connectivity index (χ3v) is 3.98. The Labute approximate surface area is 158 Å². The molecule has 0 fully saturated rings. The topological polar surface area (TPSA) is 53.9 Å². The predicted molar refractivity (Wildman–Crippen MR) is 106 cm³/mol. The van der Waals surface area contributed by atoms with E-state index in [-0.39, 0.29) is 24.9 Å². The van der Waals surface area contributed by atoms with Crippen LogP contribution in [0.1, 0.15) is 0 Å². The summed E-state index contributed by atoms with van der Waals surface area (Å²) in [6, 6.07) is 16.3. The Kier molecular flexibility index (Phi) is 7.38. The third-order valence-electron chi connectivity index (χ3n) is 3.72. The molecule has 0 radical (unpaired) electrons. The number of hydrogen-bond acceptors (Lipinski definition) is 2. The number of hydrogen-bond donors (Lipinski definition) is 2. The second kappa shape index (κ2) is 9.75. The SMILES string of the molecule is C=CCN(C(=O)C[NH+](C)CC(=O)Nc1ccc(Cl)cc1)c1ccccc1. The number of likely N-dealkylation sites (N-methyl/N-ethyl adjacent to an activating group) is 1. The molecule has 6 heteroatoms. The number of rotatable bonds is 8. The van der Waals surface area contributed by atoms with Crippen LogP contribution in [0.4, 0.5) is 11.4 Å². The van der Waals surface area contributed by atoms with Gasteiger partial charge in [0.15, 0.2) is 13.1 Å². The highest BCUT2D eigenvalue weighted by molar-refractivity contribution is 6.30. The fourth-order valence-corrected chi connectivity index (χ4v) is 2.64. The molecule has 2 rings (SSSR count). The van der Waals surface area contributed by atoms with E-state index in [1.165, 1.54) is 0 Å². The number of quaternary nitrogens is 1. The van der Waals surface area contributed by atoms with Gasteiger partial charge in [-0.2, -0.15) is 0 Å². The molecule has 0 aliphatic carbocycles. The number of anilines is 2. The van der Waals surface area contributed by atoms with Gasteiger partial charge < -0.3 is 15.1 Å². The van der Waals surface area contributed by atoms with Gasteiger partial charge >= 0.3 is 0 Å². The molecular weight excluding hydrogens is 350 g/mol. The van der Waals surface area contributed by atoms with Crippen LogP contribution in [0, 0.1) is 0 Å². The largest absolute Gasteiger partial charge is 0.322 e. The number of nitrogens with zero attached hydrogens (tertiary/aromatic N) is 1. The number of amides is 2. The highest BCUT2D eigenvalue weighted by Gasteiger charge is 2.20. The van der Waals surface area contributed by atoms with Gasteiger partial charge in [0.2, 0.25) is 0 Å². The minimum atomic E-state index is -0.160. The van der Waals surface area contributed by atoms with Gasteiger partial charge in [0.25, 0.3) is 11.8 Å². The fourth-order valence-electron chi connectivity index (χ4n) is 2.52. The van der Waals surface area contributed by atoms with E-state index in [0.717, 1.165) is 10.6 Å². The molecule has 0 saturated carbocycles. The van der Waals surface area contributed by atoms with Gasteiger partial charge in [-0.1, -0.05) is 35.9 Å². The Morgan fingerprint density at radius 3 is 2.38 bits per heavy atom. The molecule has 2 N–H and O–H groups in total. The number of carbonyl (C=O) groups excluding carboxylic acids is 2. The van der Waals surface area contributed by atoms with E-state index >= 15 is 0 Å². The molecule has 1 unspecified atom stereocenters. The van der Waals surface area contributed by atoms with Crippen LogP contribution in [0.3, 0.4) is 0 Å². The van der Waals surface area contributed by atoms with E-state index in [1.54, 1.807) is 35.2 Å². The van der Waals surface area contributed by atoms with Crippen molar-refractivity contribution in [1.29, 1.82) is 0 Å². The van der Waals surface area contributed by atoms with Crippen molar-refractivity contribution in [3.05, 3.63) is 72.3 Å². The van der Waals surface area contributed by atoms with Gasteiger partial charge in [-0.25, -0.2) is 0 Å². The molecule has 5 nitrogen and oxygen atoms in total. The van der Waals surface area contributed by atoms with Crippen LogP contribution in [0.2, 0.25) is 5.02 Å². The lowest BCUT2D eigenvalue weighted by atomic mass is 10.2. The summed E-state index contributed by atoms with van der Waals surface area (Å²) in [5.74, 6) is -0.222. The second-order valence-corrected chi connectivity index (χ2v) is 6.43. The third kappa shape index (κ3) is 6.02. The van der Waals surface area contributed by atoms with Crippen molar-refractivity contribution in [2.24, 2.45) is 0 Å².